The van der Waals surface area contributed by atoms with Crippen LogP contribution in [0.25, 0.3) is 15.5 Å². The van der Waals surface area contributed by atoms with Gasteiger partial charge in [0.1, 0.15) is 5.01 Å². The van der Waals surface area contributed by atoms with Crippen molar-refractivity contribution in [1.82, 2.24) is 19.9 Å². The molecule has 130 valence electrons. The number of carbonyl (C=O) groups is 1. The zero-order chi connectivity index (χ0) is 18.1. The van der Waals surface area contributed by atoms with Gasteiger partial charge in [-0.1, -0.05) is 41.7 Å². The molecule has 4 aromatic rings. The van der Waals surface area contributed by atoms with Crippen LogP contribution in [0.3, 0.4) is 0 Å². The van der Waals surface area contributed by atoms with Crippen molar-refractivity contribution in [2.75, 3.05) is 0 Å². The zero-order valence-electron chi connectivity index (χ0n) is 13.8. The summed E-state index contributed by atoms with van der Waals surface area (Å²) in [5, 5.41) is 9.77. The van der Waals surface area contributed by atoms with E-state index in [-0.39, 0.29) is 18.0 Å². The number of nitrogens with one attached hydrogen (secondary N) is 1. The smallest absolute Gasteiger partial charge is 0.275 e. The third-order valence-corrected chi connectivity index (χ3v) is 5.66. The van der Waals surface area contributed by atoms with E-state index in [2.05, 4.69) is 15.4 Å². The Balaban J connectivity index is 1.63. The Hall–Kier alpha value is -2.84. The Morgan fingerprint density at radius 2 is 2.08 bits per heavy atom. The third kappa shape index (κ3) is 3.16. The molecular formula is C18H14N4O2S2. The van der Waals surface area contributed by atoms with Crippen LogP contribution in [0.4, 0.5) is 0 Å². The first-order valence-corrected chi connectivity index (χ1v) is 9.59. The van der Waals surface area contributed by atoms with Crippen LogP contribution >= 0.6 is 22.7 Å². The van der Waals surface area contributed by atoms with Crippen molar-refractivity contribution in [3.63, 3.8) is 0 Å². The van der Waals surface area contributed by atoms with Crippen LogP contribution in [-0.2, 0) is 6.54 Å². The molecule has 0 aliphatic heterocycles. The van der Waals surface area contributed by atoms with Gasteiger partial charge in [0.25, 0.3) is 11.5 Å². The van der Waals surface area contributed by atoms with E-state index in [4.69, 9.17) is 0 Å². The molecule has 0 unspecified atom stereocenters. The average Bonchev–Trinajstić information content (AvgIpc) is 3.30. The minimum atomic E-state index is -0.258. The van der Waals surface area contributed by atoms with E-state index >= 15 is 0 Å². The molecular weight excluding hydrogens is 368 g/mol. The Morgan fingerprint density at radius 3 is 2.85 bits per heavy atom. The van der Waals surface area contributed by atoms with Crippen LogP contribution in [0.15, 0.2) is 52.6 Å². The number of aromatic nitrogens is 3. The van der Waals surface area contributed by atoms with E-state index in [0.717, 1.165) is 16.1 Å². The van der Waals surface area contributed by atoms with Gasteiger partial charge in [-0.25, -0.2) is 4.98 Å². The number of amides is 1. The van der Waals surface area contributed by atoms with Gasteiger partial charge in [0.15, 0.2) is 0 Å². The molecule has 3 heterocycles. The fourth-order valence-electron chi connectivity index (χ4n) is 2.53. The third-order valence-electron chi connectivity index (χ3n) is 3.85. The normalized spacial score (nSPS) is 11.0. The minimum absolute atomic E-state index is 0.174. The second-order valence-electron chi connectivity index (χ2n) is 5.66. The van der Waals surface area contributed by atoms with Crippen molar-refractivity contribution in [3.8, 4) is 10.6 Å². The zero-order valence-corrected chi connectivity index (χ0v) is 15.4. The van der Waals surface area contributed by atoms with Crippen molar-refractivity contribution < 1.29 is 4.79 Å². The fraction of sp³-hybridized carbons (Fsp3) is 0.111. The maximum Gasteiger partial charge on any atom is 0.275 e. The van der Waals surface area contributed by atoms with E-state index in [1.54, 1.807) is 6.07 Å². The molecule has 0 bridgehead atoms. The maximum atomic E-state index is 12.4. The number of benzene rings is 1. The van der Waals surface area contributed by atoms with Gasteiger partial charge in [0.2, 0.25) is 4.96 Å². The second-order valence-corrected chi connectivity index (χ2v) is 7.57. The highest BCUT2D eigenvalue weighted by Gasteiger charge is 2.13. The molecule has 4 rings (SSSR count). The average molecular weight is 382 g/mol. The number of hydrogen-bond acceptors (Lipinski definition) is 6. The van der Waals surface area contributed by atoms with Gasteiger partial charge in [-0.05, 0) is 23.9 Å². The SMILES string of the molecule is Cc1ccccc1-c1nn2c(=O)cc(CNC(=O)c3cccs3)nc2s1. The molecule has 8 heteroatoms. The molecule has 0 spiro atoms. The first kappa shape index (κ1) is 16.6. The lowest BCUT2D eigenvalue weighted by Gasteiger charge is -2.02. The molecule has 0 saturated carbocycles. The lowest BCUT2D eigenvalue weighted by atomic mass is 10.1. The summed E-state index contributed by atoms with van der Waals surface area (Å²) in [6.07, 6.45) is 0. The number of thiophene rings is 1. The first-order valence-electron chi connectivity index (χ1n) is 7.89. The van der Waals surface area contributed by atoms with Gasteiger partial charge in [-0.15, -0.1) is 11.3 Å². The number of rotatable bonds is 4. The van der Waals surface area contributed by atoms with E-state index in [1.807, 2.05) is 42.6 Å². The number of fused-ring (bicyclic) bond motifs is 1. The highest BCUT2D eigenvalue weighted by Crippen LogP contribution is 2.26. The number of carbonyl (C=O) groups excluding carboxylic acids is 1. The van der Waals surface area contributed by atoms with Gasteiger partial charge in [-0.2, -0.15) is 9.61 Å². The van der Waals surface area contributed by atoms with Crippen LogP contribution < -0.4 is 10.9 Å². The van der Waals surface area contributed by atoms with Crippen LogP contribution in [0.1, 0.15) is 20.9 Å². The summed E-state index contributed by atoms with van der Waals surface area (Å²) in [6.45, 7) is 2.20. The largest absolute Gasteiger partial charge is 0.346 e. The van der Waals surface area contributed by atoms with Crippen molar-refractivity contribution in [2.24, 2.45) is 0 Å². The van der Waals surface area contributed by atoms with Crippen molar-refractivity contribution in [2.45, 2.75) is 13.5 Å². The fourth-order valence-corrected chi connectivity index (χ4v) is 4.19. The molecule has 0 radical (unpaired) electrons. The monoisotopic (exact) mass is 382 g/mol. The van der Waals surface area contributed by atoms with E-state index in [0.29, 0.717) is 15.5 Å². The summed E-state index contributed by atoms with van der Waals surface area (Å²) in [6, 6.07) is 12.9. The predicted octanol–water partition coefficient (Wildman–Crippen LogP) is 3.12. The highest BCUT2D eigenvalue weighted by atomic mass is 32.1. The van der Waals surface area contributed by atoms with Gasteiger partial charge in [0.05, 0.1) is 17.1 Å². The Kier molecular flexibility index (Phi) is 4.36. The molecule has 6 nitrogen and oxygen atoms in total. The minimum Gasteiger partial charge on any atom is -0.346 e. The summed E-state index contributed by atoms with van der Waals surface area (Å²) in [7, 11) is 0. The predicted molar refractivity (Wildman–Crippen MR) is 103 cm³/mol. The molecule has 1 N–H and O–H groups in total. The molecule has 1 aromatic carbocycles. The van der Waals surface area contributed by atoms with E-state index < -0.39 is 0 Å². The van der Waals surface area contributed by atoms with Crippen molar-refractivity contribution in [1.29, 1.82) is 0 Å². The van der Waals surface area contributed by atoms with Crippen molar-refractivity contribution in [3.05, 3.63) is 74.3 Å². The van der Waals surface area contributed by atoms with Crippen LogP contribution in [-0.4, -0.2) is 20.5 Å². The Bertz CT molecular complexity index is 1150. The maximum absolute atomic E-state index is 12.4. The molecule has 0 aliphatic rings. The molecule has 0 aliphatic carbocycles. The quantitative estimate of drug-likeness (QED) is 0.588. The van der Waals surface area contributed by atoms with Gasteiger partial charge in [-0.3, -0.25) is 9.59 Å². The summed E-state index contributed by atoms with van der Waals surface area (Å²) in [5.74, 6) is -0.174. The van der Waals surface area contributed by atoms with Gasteiger partial charge < -0.3 is 5.32 Å². The first-order chi connectivity index (χ1) is 12.6. The van der Waals surface area contributed by atoms with Gasteiger partial charge in [0, 0.05) is 11.6 Å². The van der Waals surface area contributed by atoms with Crippen LogP contribution in [0.5, 0.6) is 0 Å². The van der Waals surface area contributed by atoms with E-state index in [9.17, 15) is 9.59 Å². The molecule has 3 aromatic heterocycles. The number of nitrogens with zero attached hydrogens (tertiary/aromatic N) is 3. The summed E-state index contributed by atoms with van der Waals surface area (Å²) < 4.78 is 1.30. The summed E-state index contributed by atoms with van der Waals surface area (Å²) >= 11 is 2.72. The number of aryl methyl sites for hydroxylation is 1. The van der Waals surface area contributed by atoms with Crippen molar-refractivity contribution >= 4 is 33.5 Å². The standard InChI is InChI=1S/C18H14N4O2S2/c1-11-5-2-3-6-13(11)17-21-22-15(23)9-12(20-18(22)26-17)10-19-16(24)14-7-4-8-25-14/h2-9H,10H2,1H3,(H,19,24). The molecule has 1 amide bonds. The molecule has 0 saturated heterocycles. The molecule has 0 fully saturated rings. The highest BCUT2D eigenvalue weighted by molar-refractivity contribution is 7.19. The Morgan fingerprint density at radius 1 is 1.23 bits per heavy atom. The van der Waals surface area contributed by atoms with Crippen LogP contribution in [0.2, 0.25) is 0 Å². The lowest BCUT2D eigenvalue weighted by molar-refractivity contribution is 0.0954. The summed E-state index contributed by atoms with van der Waals surface area (Å²) in [4.78, 5) is 30.0. The van der Waals surface area contributed by atoms with Gasteiger partial charge >= 0.3 is 0 Å². The molecule has 0 atom stereocenters. The van der Waals surface area contributed by atoms with E-state index in [1.165, 1.54) is 33.3 Å². The van der Waals surface area contributed by atoms with Crippen LogP contribution in [0, 0.1) is 6.92 Å². The molecule has 26 heavy (non-hydrogen) atoms. The number of hydrogen-bond donors (Lipinski definition) is 1. The topological polar surface area (TPSA) is 76.4 Å². The Labute approximate surface area is 156 Å². The lowest BCUT2D eigenvalue weighted by Crippen LogP contribution is -2.24. The second kappa shape index (κ2) is 6.81. The summed E-state index contributed by atoms with van der Waals surface area (Å²) in [5.41, 5.74) is 2.32.